The highest BCUT2D eigenvalue weighted by atomic mass is 32.1. The van der Waals surface area contributed by atoms with Gasteiger partial charge in [0.15, 0.2) is 6.61 Å². The van der Waals surface area contributed by atoms with Crippen molar-refractivity contribution in [3.05, 3.63) is 98.0 Å². The van der Waals surface area contributed by atoms with Crippen LogP contribution in [0.2, 0.25) is 0 Å². The lowest BCUT2D eigenvalue weighted by molar-refractivity contribution is -0.135. The third-order valence-corrected chi connectivity index (χ3v) is 6.68. The lowest BCUT2D eigenvalue weighted by Gasteiger charge is -2.36. The monoisotopic (exact) mass is 431 g/mol. The summed E-state index contributed by atoms with van der Waals surface area (Å²) in [4.78, 5) is 28.1. The molecular formula is C25H21NO4S. The minimum Gasteiger partial charge on any atom is -0.484 e. The molecule has 5 nitrogen and oxygen atoms in total. The van der Waals surface area contributed by atoms with Crippen LogP contribution in [0.15, 0.2) is 75.3 Å². The summed E-state index contributed by atoms with van der Waals surface area (Å²) in [6.45, 7) is 2.44. The summed E-state index contributed by atoms with van der Waals surface area (Å²) in [5.74, 6) is 0.426. The van der Waals surface area contributed by atoms with Crippen molar-refractivity contribution in [1.82, 2.24) is 4.90 Å². The summed E-state index contributed by atoms with van der Waals surface area (Å²) in [5, 5.41) is 2.94. The molecular weight excluding hydrogens is 410 g/mol. The highest BCUT2D eigenvalue weighted by Crippen LogP contribution is 2.37. The normalized spacial score (nSPS) is 15.6. The Labute approximate surface area is 183 Å². The molecule has 4 aromatic rings. The van der Waals surface area contributed by atoms with Gasteiger partial charge in [-0.2, -0.15) is 0 Å². The largest absolute Gasteiger partial charge is 0.484 e. The first-order chi connectivity index (χ1) is 15.1. The van der Waals surface area contributed by atoms with Crippen molar-refractivity contribution >= 4 is 28.2 Å². The van der Waals surface area contributed by atoms with E-state index in [2.05, 4.69) is 23.6 Å². The molecule has 0 N–H and O–H groups in total. The first-order valence-electron chi connectivity index (χ1n) is 10.2. The number of thiophene rings is 1. The third kappa shape index (κ3) is 3.75. The Hall–Kier alpha value is -3.38. The first-order valence-corrected chi connectivity index (χ1v) is 11.1. The van der Waals surface area contributed by atoms with Gasteiger partial charge in [-0.15, -0.1) is 11.3 Å². The molecule has 1 aliphatic rings. The molecule has 0 bridgehead atoms. The zero-order chi connectivity index (χ0) is 21.4. The van der Waals surface area contributed by atoms with Crippen molar-refractivity contribution in [2.75, 3.05) is 13.2 Å². The van der Waals surface area contributed by atoms with Crippen LogP contribution in [0.25, 0.3) is 11.0 Å². The fraction of sp³-hybridized carbons (Fsp3) is 0.200. The molecule has 3 heterocycles. The van der Waals surface area contributed by atoms with Crippen molar-refractivity contribution in [2.24, 2.45) is 0 Å². The Kier molecular flexibility index (Phi) is 5.08. The lowest BCUT2D eigenvalue weighted by Crippen LogP contribution is -2.42. The number of benzene rings is 2. The molecule has 1 aliphatic heterocycles. The van der Waals surface area contributed by atoms with Crippen molar-refractivity contribution in [1.29, 1.82) is 0 Å². The highest BCUT2D eigenvalue weighted by Gasteiger charge is 2.32. The second-order valence-corrected chi connectivity index (χ2v) is 8.65. The fourth-order valence-electron chi connectivity index (χ4n) is 4.20. The van der Waals surface area contributed by atoms with Crippen LogP contribution in [-0.4, -0.2) is 24.0 Å². The lowest BCUT2D eigenvalue weighted by atomic mass is 9.93. The van der Waals surface area contributed by atoms with E-state index in [9.17, 15) is 9.59 Å². The topological polar surface area (TPSA) is 59.8 Å². The van der Waals surface area contributed by atoms with Gasteiger partial charge < -0.3 is 14.1 Å². The summed E-state index contributed by atoms with van der Waals surface area (Å²) in [6.07, 6.45) is 0.850. The second-order valence-electron chi connectivity index (χ2n) is 7.64. The maximum Gasteiger partial charge on any atom is 0.336 e. The molecule has 2 aromatic heterocycles. The van der Waals surface area contributed by atoms with E-state index in [0.717, 1.165) is 22.9 Å². The Morgan fingerprint density at radius 2 is 2.00 bits per heavy atom. The molecule has 0 unspecified atom stereocenters. The molecule has 6 heteroatoms. The maximum atomic E-state index is 13.2. The van der Waals surface area contributed by atoms with Crippen LogP contribution < -0.4 is 10.4 Å². The predicted molar refractivity (Wildman–Crippen MR) is 121 cm³/mol. The van der Waals surface area contributed by atoms with Crippen LogP contribution in [0.1, 0.15) is 27.6 Å². The van der Waals surface area contributed by atoms with Gasteiger partial charge in [-0.25, -0.2) is 4.79 Å². The number of nitrogens with zero attached hydrogens (tertiary/aromatic N) is 1. The van der Waals surface area contributed by atoms with Gasteiger partial charge in [-0.05, 0) is 53.6 Å². The van der Waals surface area contributed by atoms with Crippen LogP contribution in [0.3, 0.4) is 0 Å². The minimum absolute atomic E-state index is 0.0727. The van der Waals surface area contributed by atoms with Crippen molar-refractivity contribution in [2.45, 2.75) is 19.4 Å². The van der Waals surface area contributed by atoms with Gasteiger partial charge in [0.2, 0.25) is 0 Å². The van der Waals surface area contributed by atoms with E-state index < -0.39 is 5.63 Å². The predicted octanol–water partition coefficient (Wildman–Crippen LogP) is 4.72. The van der Waals surface area contributed by atoms with Crippen LogP contribution in [0.4, 0.5) is 0 Å². The van der Waals surface area contributed by atoms with E-state index in [4.69, 9.17) is 9.15 Å². The summed E-state index contributed by atoms with van der Waals surface area (Å²) < 4.78 is 11.1. The molecule has 1 amide bonds. The standard InChI is InChI=1S/C25H21NO4S/c1-16-13-24(28)30-21-14-18(7-8-19(16)21)29-15-23(27)26-11-9-22-20(10-12-31-22)25(26)17-5-3-2-4-6-17/h2-8,10,12-14,25H,9,11,15H2,1H3/t25-/m1/s1. The quantitative estimate of drug-likeness (QED) is 0.439. The van der Waals surface area contributed by atoms with Crippen LogP contribution in [0, 0.1) is 6.92 Å². The SMILES string of the molecule is Cc1cc(=O)oc2cc(OCC(=O)N3CCc4sccc4[C@H]3c3ccccc3)ccc12. The average molecular weight is 432 g/mol. The maximum absolute atomic E-state index is 13.2. The van der Waals surface area contributed by atoms with E-state index in [1.54, 1.807) is 23.5 Å². The van der Waals surface area contributed by atoms with Gasteiger partial charge in [-0.3, -0.25) is 4.79 Å². The number of hydrogen-bond donors (Lipinski definition) is 0. The summed E-state index contributed by atoms with van der Waals surface area (Å²) in [5.41, 5.74) is 3.19. The number of carbonyl (C=O) groups excluding carboxylic acids is 1. The van der Waals surface area contributed by atoms with E-state index in [1.807, 2.05) is 36.1 Å². The first kappa shape index (κ1) is 19.6. The molecule has 31 heavy (non-hydrogen) atoms. The van der Waals surface area contributed by atoms with Crippen LogP contribution >= 0.6 is 11.3 Å². The second kappa shape index (κ2) is 8.04. The number of amides is 1. The highest BCUT2D eigenvalue weighted by molar-refractivity contribution is 7.10. The minimum atomic E-state index is -0.399. The smallest absolute Gasteiger partial charge is 0.336 e. The van der Waals surface area contributed by atoms with Crippen molar-refractivity contribution in [3.8, 4) is 5.75 Å². The molecule has 0 fully saturated rings. The van der Waals surface area contributed by atoms with Crippen LogP contribution in [0.5, 0.6) is 5.75 Å². The van der Waals surface area contributed by atoms with Crippen molar-refractivity contribution in [3.63, 3.8) is 0 Å². The number of fused-ring (bicyclic) bond motifs is 2. The Bertz CT molecular complexity index is 1310. The van der Waals surface area contributed by atoms with Crippen molar-refractivity contribution < 1.29 is 13.9 Å². The summed E-state index contributed by atoms with van der Waals surface area (Å²) in [6, 6.07) is 18.9. The number of rotatable bonds is 4. The Balaban J connectivity index is 1.38. The Morgan fingerprint density at radius 3 is 2.84 bits per heavy atom. The molecule has 0 aliphatic carbocycles. The number of ether oxygens (including phenoxy) is 1. The van der Waals surface area contributed by atoms with E-state index in [0.29, 0.717) is 17.9 Å². The third-order valence-electron chi connectivity index (χ3n) is 5.69. The molecule has 0 spiro atoms. The van der Waals surface area contributed by atoms with Gasteiger partial charge in [0.1, 0.15) is 11.3 Å². The molecule has 2 aromatic carbocycles. The number of hydrogen-bond acceptors (Lipinski definition) is 5. The van der Waals surface area contributed by atoms with Gasteiger partial charge in [0, 0.05) is 28.9 Å². The van der Waals surface area contributed by atoms with E-state index in [-0.39, 0.29) is 18.6 Å². The van der Waals surface area contributed by atoms with Gasteiger partial charge >= 0.3 is 5.63 Å². The molecule has 0 saturated carbocycles. The Morgan fingerprint density at radius 1 is 1.16 bits per heavy atom. The van der Waals surface area contributed by atoms with Crippen LogP contribution in [-0.2, 0) is 11.2 Å². The molecule has 0 saturated heterocycles. The molecule has 0 radical (unpaired) electrons. The average Bonchev–Trinajstić information content (AvgIpc) is 3.26. The zero-order valence-corrected chi connectivity index (χ0v) is 17.9. The number of aryl methyl sites for hydroxylation is 1. The van der Waals surface area contributed by atoms with E-state index >= 15 is 0 Å². The fourth-order valence-corrected chi connectivity index (χ4v) is 5.11. The number of carbonyl (C=O) groups is 1. The molecule has 1 atom stereocenters. The summed E-state index contributed by atoms with van der Waals surface area (Å²) >= 11 is 1.75. The molecule has 5 rings (SSSR count). The molecule has 156 valence electrons. The van der Waals surface area contributed by atoms with Gasteiger partial charge in [0.25, 0.3) is 5.91 Å². The van der Waals surface area contributed by atoms with Gasteiger partial charge in [-0.1, -0.05) is 30.3 Å². The van der Waals surface area contributed by atoms with Gasteiger partial charge in [0.05, 0.1) is 6.04 Å². The van der Waals surface area contributed by atoms with E-state index in [1.165, 1.54) is 16.5 Å². The zero-order valence-electron chi connectivity index (χ0n) is 17.0. The summed E-state index contributed by atoms with van der Waals surface area (Å²) in [7, 11) is 0.